The molecule has 0 aliphatic carbocycles. The Labute approximate surface area is 138 Å². The van der Waals surface area contributed by atoms with Crippen LogP contribution < -0.4 is 10.3 Å². The van der Waals surface area contributed by atoms with Crippen LogP contribution in [0.1, 0.15) is 12.0 Å². The molecular weight excluding hydrogens is 309 g/mol. The summed E-state index contributed by atoms with van der Waals surface area (Å²) in [6, 6.07) is 15.0. The van der Waals surface area contributed by atoms with Crippen molar-refractivity contribution < 1.29 is 14.0 Å². The third-order valence-corrected chi connectivity index (χ3v) is 3.82. The lowest BCUT2D eigenvalue weighted by Gasteiger charge is -2.16. The van der Waals surface area contributed by atoms with Gasteiger partial charge in [-0.1, -0.05) is 30.3 Å². The highest BCUT2D eigenvalue weighted by Gasteiger charge is 2.35. The van der Waals surface area contributed by atoms with E-state index in [0.717, 1.165) is 5.56 Å². The van der Waals surface area contributed by atoms with Crippen molar-refractivity contribution in [2.45, 2.75) is 6.42 Å². The van der Waals surface area contributed by atoms with E-state index in [1.165, 1.54) is 29.2 Å². The third kappa shape index (κ3) is 3.65. The van der Waals surface area contributed by atoms with Crippen molar-refractivity contribution in [3.05, 3.63) is 66.0 Å². The maximum Gasteiger partial charge on any atom is 0.245 e. The highest BCUT2D eigenvalue weighted by Crippen LogP contribution is 2.25. The summed E-state index contributed by atoms with van der Waals surface area (Å²) in [7, 11) is 0. The molecule has 2 aromatic rings. The second kappa shape index (κ2) is 7.04. The number of carbonyl (C=O) groups excluding carboxylic acids is 2. The molecule has 0 radical (unpaired) electrons. The molecule has 5 nitrogen and oxygen atoms in total. The van der Waals surface area contributed by atoms with Crippen LogP contribution in [0.5, 0.6) is 0 Å². The van der Waals surface area contributed by atoms with Crippen LogP contribution in [0.25, 0.3) is 0 Å². The van der Waals surface area contributed by atoms with Crippen molar-refractivity contribution in [3.63, 3.8) is 0 Å². The minimum Gasteiger partial charge on any atom is -0.312 e. The predicted octanol–water partition coefficient (Wildman–Crippen LogP) is 2.33. The first kappa shape index (κ1) is 15.9. The molecule has 0 spiro atoms. The number of hydrogen-bond acceptors (Lipinski definition) is 3. The van der Waals surface area contributed by atoms with E-state index in [9.17, 15) is 14.0 Å². The van der Waals surface area contributed by atoms with Crippen molar-refractivity contribution in [1.82, 2.24) is 5.43 Å². The molecule has 1 N–H and O–H groups in total. The number of hydrazone groups is 1. The van der Waals surface area contributed by atoms with Gasteiger partial charge in [0.1, 0.15) is 5.82 Å². The number of rotatable bonds is 4. The monoisotopic (exact) mass is 325 g/mol. The number of anilines is 1. The van der Waals surface area contributed by atoms with E-state index >= 15 is 0 Å². The summed E-state index contributed by atoms with van der Waals surface area (Å²) in [5.74, 6) is -1.31. The Balaban J connectivity index is 1.59. The van der Waals surface area contributed by atoms with Crippen LogP contribution in [-0.4, -0.2) is 24.6 Å². The van der Waals surface area contributed by atoms with E-state index in [0.29, 0.717) is 5.69 Å². The van der Waals surface area contributed by atoms with E-state index in [1.807, 2.05) is 30.3 Å². The van der Waals surface area contributed by atoms with E-state index in [4.69, 9.17) is 0 Å². The lowest BCUT2D eigenvalue weighted by molar-refractivity contribution is -0.126. The Bertz CT molecular complexity index is 760. The predicted molar refractivity (Wildman–Crippen MR) is 89.0 cm³/mol. The maximum absolute atomic E-state index is 13.0. The number of nitrogens with zero attached hydrogens (tertiary/aromatic N) is 2. The molecule has 122 valence electrons. The Morgan fingerprint density at radius 1 is 1.17 bits per heavy atom. The van der Waals surface area contributed by atoms with Gasteiger partial charge in [-0.25, -0.2) is 9.82 Å². The van der Waals surface area contributed by atoms with Gasteiger partial charge in [-0.15, -0.1) is 0 Å². The molecule has 6 heteroatoms. The average Bonchev–Trinajstić information content (AvgIpc) is 2.98. The summed E-state index contributed by atoms with van der Waals surface area (Å²) in [5.41, 5.74) is 3.92. The van der Waals surface area contributed by atoms with Crippen molar-refractivity contribution in [2.24, 2.45) is 11.0 Å². The zero-order valence-corrected chi connectivity index (χ0v) is 12.9. The van der Waals surface area contributed by atoms with Crippen LogP contribution >= 0.6 is 0 Å². The van der Waals surface area contributed by atoms with Crippen molar-refractivity contribution in [2.75, 3.05) is 11.4 Å². The van der Waals surface area contributed by atoms with Crippen molar-refractivity contribution in [1.29, 1.82) is 0 Å². The molecule has 0 unspecified atom stereocenters. The van der Waals surface area contributed by atoms with Crippen molar-refractivity contribution in [3.8, 4) is 0 Å². The van der Waals surface area contributed by atoms with Gasteiger partial charge < -0.3 is 4.90 Å². The summed E-state index contributed by atoms with van der Waals surface area (Å²) >= 11 is 0. The summed E-state index contributed by atoms with van der Waals surface area (Å²) in [6.45, 7) is 0.261. The molecule has 1 heterocycles. The van der Waals surface area contributed by atoms with Gasteiger partial charge in [0.15, 0.2) is 0 Å². The Morgan fingerprint density at radius 3 is 2.58 bits per heavy atom. The normalized spacial score (nSPS) is 17.5. The highest BCUT2D eigenvalue weighted by molar-refractivity contribution is 6.00. The van der Waals surface area contributed by atoms with Gasteiger partial charge in [-0.05, 0) is 29.8 Å². The fraction of sp³-hybridized carbons (Fsp3) is 0.167. The quantitative estimate of drug-likeness (QED) is 0.693. The van der Waals surface area contributed by atoms with E-state index in [-0.39, 0.29) is 30.6 Å². The van der Waals surface area contributed by atoms with Crippen LogP contribution in [0.3, 0.4) is 0 Å². The highest BCUT2D eigenvalue weighted by atomic mass is 19.1. The van der Waals surface area contributed by atoms with Gasteiger partial charge in [-0.2, -0.15) is 5.10 Å². The van der Waals surface area contributed by atoms with Gasteiger partial charge in [-0.3, -0.25) is 9.59 Å². The molecular formula is C18H16FN3O2. The zero-order valence-electron chi connectivity index (χ0n) is 12.9. The minimum atomic E-state index is -0.476. The van der Waals surface area contributed by atoms with Crippen LogP contribution in [0, 0.1) is 11.7 Å². The molecule has 1 atom stereocenters. The Morgan fingerprint density at radius 2 is 1.88 bits per heavy atom. The third-order valence-electron chi connectivity index (χ3n) is 3.82. The largest absolute Gasteiger partial charge is 0.312 e. The summed E-state index contributed by atoms with van der Waals surface area (Å²) < 4.78 is 13.0. The number of nitrogens with one attached hydrogen (secondary N) is 1. The van der Waals surface area contributed by atoms with E-state index in [2.05, 4.69) is 10.5 Å². The van der Waals surface area contributed by atoms with Crippen LogP contribution in [0.4, 0.5) is 10.1 Å². The summed E-state index contributed by atoms with van der Waals surface area (Å²) in [5, 5.41) is 3.92. The van der Waals surface area contributed by atoms with Crippen LogP contribution in [-0.2, 0) is 9.59 Å². The van der Waals surface area contributed by atoms with E-state index in [1.54, 1.807) is 6.21 Å². The number of halogens is 1. The second-order valence-electron chi connectivity index (χ2n) is 5.53. The number of hydrogen-bond donors (Lipinski definition) is 1. The van der Waals surface area contributed by atoms with Gasteiger partial charge in [0.2, 0.25) is 11.8 Å². The molecule has 1 aliphatic heterocycles. The molecule has 0 bridgehead atoms. The second-order valence-corrected chi connectivity index (χ2v) is 5.53. The average molecular weight is 325 g/mol. The molecule has 24 heavy (non-hydrogen) atoms. The number of benzene rings is 2. The SMILES string of the molecule is O=C(N/N=C\c1ccccc1)[C@@H]1CC(=O)N(c2ccc(F)cc2)C1. The molecule has 0 saturated carbocycles. The Hall–Kier alpha value is -3.02. The maximum atomic E-state index is 13.0. The first-order chi connectivity index (χ1) is 11.6. The Kier molecular flexibility index (Phi) is 4.65. The molecule has 1 fully saturated rings. The molecule has 0 aromatic heterocycles. The van der Waals surface area contributed by atoms with E-state index < -0.39 is 5.92 Å². The lowest BCUT2D eigenvalue weighted by atomic mass is 10.1. The number of carbonyl (C=O) groups is 2. The van der Waals surface area contributed by atoms with Crippen LogP contribution in [0.2, 0.25) is 0 Å². The fourth-order valence-electron chi connectivity index (χ4n) is 2.55. The van der Waals surface area contributed by atoms with Gasteiger partial charge in [0.25, 0.3) is 0 Å². The van der Waals surface area contributed by atoms with Gasteiger partial charge in [0, 0.05) is 18.7 Å². The first-order valence-electron chi connectivity index (χ1n) is 7.57. The molecule has 1 aliphatic rings. The molecule has 3 rings (SSSR count). The summed E-state index contributed by atoms with van der Waals surface area (Å²) in [4.78, 5) is 25.7. The minimum absolute atomic E-state index is 0.115. The van der Waals surface area contributed by atoms with Gasteiger partial charge >= 0.3 is 0 Å². The molecule has 2 amide bonds. The number of amides is 2. The zero-order chi connectivity index (χ0) is 16.9. The standard InChI is InChI=1S/C18H16FN3O2/c19-15-6-8-16(9-7-15)22-12-14(10-17(22)23)18(24)21-20-11-13-4-2-1-3-5-13/h1-9,11,14H,10,12H2,(H,21,24)/b20-11-/t14-/m1/s1. The summed E-state index contributed by atoms with van der Waals surface area (Å²) in [6.07, 6.45) is 1.66. The molecule has 1 saturated heterocycles. The topological polar surface area (TPSA) is 61.8 Å². The lowest BCUT2D eigenvalue weighted by Crippen LogP contribution is -2.30. The van der Waals surface area contributed by atoms with Gasteiger partial charge in [0.05, 0.1) is 12.1 Å². The first-order valence-corrected chi connectivity index (χ1v) is 7.57. The molecule has 2 aromatic carbocycles. The smallest absolute Gasteiger partial charge is 0.245 e. The van der Waals surface area contributed by atoms with Crippen molar-refractivity contribution >= 4 is 23.7 Å². The van der Waals surface area contributed by atoms with Crippen LogP contribution in [0.15, 0.2) is 59.7 Å². The fourth-order valence-corrected chi connectivity index (χ4v) is 2.55.